The number of fused-ring (bicyclic) bond motifs is 1. The molecule has 0 N–H and O–H groups in total. The van der Waals surface area contributed by atoms with E-state index in [9.17, 15) is 8.42 Å². The van der Waals surface area contributed by atoms with Gasteiger partial charge in [-0.25, -0.2) is 0 Å². The van der Waals surface area contributed by atoms with Gasteiger partial charge in [-0.3, -0.25) is 0 Å². The van der Waals surface area contributed by atoms with Crippen molar-refractivity contribution in [3.63, 3.8) is 0 Å². The number of hydrogen-bond acceptors (Lipinski definition) is 4. The fourth-order valence-electron chi connectivity index (χ4n) is 3.10. The van der Waals surface area contributed by atoms with Crippen LogP contribution >= 0.6 is 11.6 Å². The van der Waals surface area contributed by atoms with Crippen LogP contribution in [0, 0.1) is 0 Å². The normalized spacial score (nSPS) is 11.7. The quantitative estimate of drug-likeness (QED) is 0.387. The van der Waals surface area contributed by atoms with Crippen LogP contribution < -0.4 is 4.18 Å². The van der Waals surface area contributed by atoms with Crippen LogP contribution in [-0.4, -0.2) is 18.2 Å². The van der Waals surface area contributed by atoms with Crippen LogP contribution in [0.3, 0.4) is 0 Å². The Balaban J connectivity index is 1.74. The topological polar surface area (TPSA) is 61.2 Å². The van der Waals surface area contributed by atoms with Crippen molar-refractivity contribution in [2.45, 2.75) is 24.7 Å². The first kappa shape index (κ1) is 19.5. The number of benzene rings is 3. The second kappa shape index (κ2) is 7.89. The van der Waals surface area contributed by atoms with Crippen molar-refractivity contribution in [2.75, 3.05) is 0 Å². The second-order valence-corrected chi connectivity index (χ2v) is 8.64. The summed E-state index contributed by atoms with van der Waals surface area (Å²) in [6, 6.07) is 21.1. The summed E-state index contributed by atoms with van der Waals surface area (Å²) in [4.78, 5) is 0.0945. The third kappa shape index (κ3) is 4.13. The molecule has 4 rings (SSSR count). The molecule has 4 aromatic rings. The maximum atomic E-state index is 13.0. The molecule has 1 aromatic heterocycles. The highest BCUT2D eigenvalue weighted by atomic mass is 35.5. The third-order valence-electron chi connectivity index (χ3n) is 4.51. The minimum Gasteiger partial charge on any atom is -0.358 e. The molecule has 5 nitrogen and oxygen atoms in total. The number of aryl methyl sites for hydroxylation is 1. The molecule has 3 aromatic carbocycles. The smallest absolute Gasteiger partial charge is 0.340 e. The fourth-order valence-corrected chi connectivity index (χ4v) is 4.17. The summed E-state index contributed by atoms with van der Waals surface area (Å²) in [7, 11) is -4.03. The molecule has 0 saturated heterocycles. The largest absolute Gasteiger partial charge is 0.358 e. The zero-order chi connectivity index (χ0) is 20.4. The summed E-state index contributed by atoms with van der Waals surface area (Å²) < 4.78 is 32.9. The van der Waals surface area contributed by atoms with Crippen LogP contribution in [0.4, 0.5) is 0 Å². The van der Waals surface area contributed by atoms with Crippen molar-refractivity contribution >= 4 is 32.5 Å². The predicted molar refractivity (Wildman–Crippen MR) is 114 cm³/mol. The van der Waals surface area contributed by atoms with E-state index >= 15 is 0 Å². The van der Waals surface area contributed by atoms with Gasteiger partial charge in [-0.1, -0.05) is 55.3 Å². The van der Waals surface area contributed by atoms with Gasteiger partial charge in [0.2, 0.25) is 5.88 Å². The van der Waals surface area contributed by atoms with Crippen LogP contribution in [0.25, 0.3) is 16.5 Å². The molecule has 0 aliphatic heterocycles. The van der Waals surface area contributed by atoms with E-state index in [0.29, 0.717) is 17.1 Å². The minimum absolute atomic E-state index is 0.0945. The Bertz CT molecular complexity index is 1260. The Labute approximate surface area is 174 Å². The molecule has 0 aliphatic rings. The van der Waals surface area contributed by atoms with E-state index in [2.05, 4.69) is 5.10 Å². The van der Waals surface area contributed by atoms with Crippen LogP contribution in [-0.2, 0) is 16.5 Å². The van der Waals surface area contributed by atoms with Crippen LogP contribution in [0.2, 0.25) is 5.02 Å². The fraction of sp³-hybridized carbons (Fsp3) is 0.136. The molecule has 0 aliphatic carbocycles. The van der Waals surface area contributed by atoms with Crippen molar-refractivity contribution in [3.05, 3.63) is 83.5 Å². The van der Waals surface area contributed by atoms with Gasteiger partial charge in [-0.2, -0.15) is 18.2 Å². The highest BCUT2D eigenvalue weighted by Crippen LogP contribution is 2.26. The Morgan fingerprint density at radius 1 is 0.966 bits per heavy atom. The summed E-state index contributed by atoms with van der Waals surface area (Å²) in [5.74, 6) is 0.143. The number of nitrogens with zero attached hydrogens (tertiary/aromatic N) is 2. The van der Waals surface area contributed by atoms with Crippen molar-refractivity contribution in [1.29, 1.82) is 0 Å². The van der Waals surface area contributed by atoms with Crippen LogP contribution in [0.5, 0.6) is 5.88 Å². The van der Waals surface area contributed by atoms with Crippen molar-refractivity contribution in [2.24, 2.45) is 0 Å². The van der Waals surface area contributed by atoms with Crippen molar-refractivity contribution in [3.8, 4) is 11.6 Å². The lowest BCUT2D eigenvalue weighted by molar-refractivity contribution is 0.465. The summed E-state index contributed by atoms with van der Waals surface area (Å²) in [6.07, 6.45) is 1.60. The average Bonchev–Trinajstić information content (AvgIpc) is 3.10. The summed E-state index contributed by atoms with van der Waals surface area (Å²) in [6.45, 7) is 2.04. The SMILES string of the molecule is CCCc1cc(OS(=O)(=O)c2ccc3ccccc3c2)n(-c2ccc(Cl)cc2)n1. The van der Waals surface area contributed by atoms with Crippen molar-refractivity contribution in [1.82, 2.24) is 9.78 Å². The first-order valence-electron chi connectivity index (χ1n) is 9.24. The first-order valence-corrected chi connectivity index (χ1v) is 11.0. The number of hydrogen-bond donors (Lipinski definition) is 0. The molecule has 0 radical (unpaired) electrons. The van der Waals surface area contributed by atoms with Crippen molar-refractivity contribution < 1.29 is 12.6 Å². The predicted octanol–water partition coefficient (Wildman–Crippen LogP) is 5.40. The van der Waals surface area contributed by atoms with Gasteiger partial charge in [0.05, 0.1) is 11.4 Å². The van der Waals surface area contributed by atoms with Gasteiger partial charge >= 0.3 is 10.1 Å². The molecule has 0 atom stereocenters. The molecule has 0 amide bonds. The molecule has 0 spiro atoms. The Hall–Kier alpha value is -2.83. The Morgan fingerprint density at radius 3 is 2.41 bits per heavy atom. The zero-order valence-corrected chi connectivity index (χ0v) is 17.3. The van der Waals surface area contributed by atoms with Gasteiger partial charge in [-0.05, 0) is 53.6 Å². The lowest BCUT2D eigenvalue weighted by Gasteiger charge is -2.10. The molecule has 0 bridgehead atoms. The van der Waals surface area contributed by atoms with E-state index in [1.54, 1.807) is 48.5 Å². The lowest BCUT2D eigenvalue weighted by Crippen LogP contribution is -2.12. The van der Waals surface area contributed by atoms with E-state index in [0.717, 1.165) is 22.9 Å². The monoisotopic (exact) mass is 426 g/mol. The maximum Gasteiger partial charge on any atom is 0.340 e. The van der Waals surface area contributed by atoms with E-state index in [1.807, 2.05) is 31.2 Å². The molecule has 0 saturated carbocycles. The molecule has 7 heteroatoms. The number of halogens is 1. The summed E-state index contributed by atoms with van der Waals surface area (Å²) in [5, 5.41) is 6.89. The lowest BCUT2D eigenvalue weighted by atomic mass is 10.1. The van der Waals surface area contributed by atoms with E-state index in [4.69, 9.17) is 15.8 Å². The van der Waals surface area contributed by atoms with E-state index < -0.39 is 10.1 Å². The summed E-state index contributed by atoms with van der Waals surface area (Å²) in [5.41, 5.74) is 1.42. The minimum atomic E-state index is -4.03. The number of aromatic nitrogens is 2. The third-order valence-corrected chi connectivity index (χ3v) is 5.98. The Morgan fingerprint density at radius 2 is 1.69 bits per heavy atom. The summed E-state index contributed by atoms with van der Waals surface area (Å²) >= 11 is 5.97. The Kier molecular flexibility index (Phi) is 5.30. The van der Waals surface area contributed by atoms with Crippen LogP contribution in [0.1, 0.15) is 19.0 Å². The molecule has 1 heterocycles. The highest BCUT2D eigenvalue weighted by Gasteiger charge is 2.21. The van der Waals surface area contributed by atoms with Gasteiger partial charge in [0, 0.05) is 11.1 Å². The van der Waals surface area contributed by atoms with E-state index in [-0.39, 0.29) is 10.8 Å². The standard InChI is InChI=1S/C22H19ClN2O3S/c1-2-5-19-15-22(25(24-19)20-11-9-18(23)10-12-20)28-29(26,27)21-13-8-16-6-3-4-7-17(16)14-21/h3-4,6-15H,2,5H2,1H3. The molecular weight excluding hydrogens is 408 g/mol. The van der Waals surface area contributed by atoms with Gasteiger partial charge in [0.15, 0.2) is 0 Å². The molecular formula is C22H19ClN2O3S. The number of rotatable bonds is 6. The second-order valence-electron chi connectivity index (χ2n) is 6.66. The van der Waals surface area contributed by atoms with E-state index in [1.165, 1.54) is 4.68 Å². The molecule has 29 heavy (non-hydrogen) atoms. The first-order chi connectivity index (χ1) is 14.0. The highest BCUT2D eigenvalue weighted by molar-refractivity contribution is 7.87. The molecule has 0 unspecified atom stereocenters. The molecule has 148 valence electrons. The average molecular weight is 427 g/mol. The van der Waals surface area contributed by atoms with Gasteiger partial charge in [-0.15, -0.1) is 0 Å². The zero-order valence-electron chi connectivity index (χ0n) is 15.7. The van der Waals surface area contributed by atoms with Gasteiger partial charge in [0.1, 0.15) is 4.90 Å². The van der Waals surface area contributed by atoms with Gasteiger partial charge in [0.25, 0.3) is 0 Å². The molecule has 0 fully saturated rings. The maximum absolute atomic E-state index is 13.0. The van der Waals surface area contributed by atoms with Gasteiger partial charge < -0.3 is 4.18 Å². The van der Waals surface area contributed by atoms with Crippen LogP contribution in [0.15, 0.2) is 77.7 Å².